The second kappa shape index (κ2) is 8.87. The molecule has 0 radical (unpaired) electrons. The maximum atomic E-state index is 5.84. The summed E-state index contributed by atoms with van der Waals surface area (Å²) in [5.41, 5.74) is 0.876. The molecule has 0 spiro atoms. The second-order valence-corrected chi connectivity index (χ2v) is 6.62. The van der Waals surface area contributed by atoms with Crippen LogP contribution in [0.5, 0.6) is 11.6 Å². The lowest BCUT2D eigenvalue weighted by Crippen LogP contribution is -2.46. The number of ether oxygens (including phenoxy) is 2. The number of nitrogens with zero attached hydrogens (tertiary/aromatic N) is 6. The van der Waals surface area contributed by atoms with Crippen LogP contribution in [0.4, 0.5) is 5.95 Å². The van der Waals surface area contributed by atoms with Gasteiger partial charge in [-0.15, -0.1) is 10.2 Å². The molecular weight excluding hydrogens is 372 g/mol. The van der Waals surface area contributed by atoms with E-state index >= 15 is 0 Å². The predicted octanol–water partition coefficient (Wildman–Crippen LogP) is 2.26. The van der Waals surface area contributed by atoms with E-state index in [0.29, 0.717) is 36.8 Å². The lowest BCUT2D eigenvalue weighted by atomic mass is 10.2. The van der Waals surface area contributed by atoms with Crippen LogP contribution in [0.25, 0.3) is 11.5 Å². The molecule has 1 saturated heterocycles. The summed E-state index contributed by atoms with van der Waals surface area (Å²) >= 11 is 0. The van der Waals surface area contributed by atoms with Crippen molar-refractivity contribution in [1.82, 2.24) is 25.1 Å². The maximum Gasteiger partial charge on any atom is 0.247 e. The minimum atomic E-state index is 0.516. The molecule has 3 aromatic rings. The molecule has 0 N–H and O–H groups in total. The van der Waals surface area contributed by atoms with E-state index in [9.17, 15) is 0 Å². The van der Waals surface area contributed by atoms with Crippen molar-refractivity contribution in [3.63, 3.8) is 0 Å². The van der Waals surface area contributed by atoms with Crippen molar-refractivity contribution in [3.05, 3.63) is 42.4 Å². The quantitative estimate of drug-likeness (QED) is 0.596. The van der Waals surface area contributed by atoms with Gasteiger partial charge >= 0.3 is 0 Å². The number of benzene rings is 1. The standard InChI is InChI=1S/C20H24N6O3/c1-3-28-17-8-9-21-20(22-17)26-12-10-25(11-13-26)14-18-23-24-19(29-18)15-4-6-16(27-2)7-5-15/h4-9H,3,10-14H2,1-2H3. The summed E-state index contributed by atoms with van der Waals surface area (Å²) in [7, 11) is 1.64. The summed E-state index contributed by atoms with van der Waals surface area (Å²) in [5.74, 6) is 3.23. The molecular formula is C20H24N6O3. The first-order valence-electron chi connectivity index (χ1n) is 9.65. The lowest BCUT2D eigenvalue weighted by molar-refractivity contribution is 0.226. The molecule has 9 heteroatoms. The van der Waals surface area contributed by atoms with Crippen LogP contribution in [0.1, 0.15) is 12.8 Å². The van der Waals surface area contributed by atoms with Crippen LogP contribution in [-0.4, -0.2) is 65.0 Å². The fraction of sp³-hybridized carbons (Fsp3) is 0.400. The molecule has 0 atom stereocenters. The number of hydrogen-bond acceptors (Lipinski definition) is 9. The van der Waals surface area contributed by atoms with Gasteiger partial charge in [0.15, 0.2) is 0 Å². The van der Waals surface area contributed by atoms with Gasteiger partial charge in [0.2, 0.25) is 23.6 Å². The normalized spacial score (nSPS) is 14.8. The summed E-state index contributed by atoms with van der Waals surface area (Å²) in [6.07, 6.45) is 1.73. The number of anilines is 1. The largest absolute Gasteiger partial charge is 0.497 e. The maximum absolute atomic E-state index is 5.84. The molecule has 2 aromatic heterocycles. The minimum absolute atomic E-state index is 0.516. The highest BCUT2D eigenvalue weighted by Gasteiger charge is 2.21. The zero-order valence-electron chi connectivity index (χ0n) is 16.6. The smallest absolute Gasteiger partial charge is 0.247 e. The number of rotatable bonds is 7. The minimum Gasteiger partial charge on any atom is -0.497 e. The van der Waals surface area contributed by atoms with Gasteiger partial charge in [0, 0.05) is 44.0 Å². The van der Waals surface area contributed by atoms with E-state index in [0.717, 1.165) is 37.5 Å². The van der Waals surface area contributed by atoms with E-state index in [1.807, 2.05) is 31.2 Å². The Bertz CT molecular complexity index is 922. The number of hydrogen-bond donors (Lipinski definition) is 0. The third kappa shape index (κ3) is 4.62. The predicted molar refractivity (Wildman–Crippen MR) is 107 cm³/mol. The zero-order valence-corrected chi connectivity index (χ0v) is 16.6. The highest BCUT2D eigenvalue weighted by atomic mass is 16.5. The summed E-state index contributed by atoms with van der Waals surface area (Å²) in [4.78, 5) is 13.3. The topological polar surface area (TPSA) is 89.6 Å². The lowest BCUT2D eigenvalue weighted by Gasteiger charge is -2.33. The summed E-state index contributed by atoms with van der Waals surface area (Å²) in [5, 5.41) is 8.36. The zero-order chi connectivity index (χ0) is 20.1. The summed E-state index contributed by atoms with van der Waals surface area (Å²) in [6.45, 7) is 6.54. The Hall–Kier alpha value is -3.20. The van der Waals surface area contributed by atoms with Crippen molar-refractivity contribution < 1.29 is 13.9 Å². The first-order chi connectivity index (χ1) is 14.2. The molecule has 1 fully saturated rings. The summed E-state index contributed by atoms with van der Waals surface area (Å²) < 4.78 is 16.5. The van der Waals surface area contributed by atoms with Crippen LogP contribution < -0.4 is 14.4 Å². The third-order valence-corrected chi connectivity index (χ3v) is 4.73. The highest BCUT2D eigenvalue weighted by Crippen LogP contribution is 2.22. The first kappa shape index (κ1) is 19.1. The van der Waals surface area contributed by atoms with Gasteiger partial charge in [0.25, 0.3) is 0 Å². The molecule has 4 rings (SSSR count). The van der Waals surface area contributed by atoms with Crippen molar-refractivity contribution in [1.29, 1.82) is 0 Å². The Morgan fingerprint density at radius 2 is 1.83 bits per heavy atom. The van der Waals surface area contributed by atoms with Crippen LogP contribution >= 0.6 is 0 Å². The molecule has 0 unspecified atom stereocenters. The summed E-state index contributed by atoms with van der Waals surface area (Å²) in [6, 6.07) is 9.35. The SMILES string of the molecule is CCOc1ccnc(N2CCN(Cc3nnc(-c4ccc(OC)cc4)o3)CC2)n1. The first-order valence-corrected chi connectivity index (χ1v) is 9.65. The molecule has 0 aliphatic carbocycles. The molecule has 9 nitrogen and oxygen atoms in total. The molecule has 3 heterocycles. The fourth-order valence-electron chi connectivity index (χ4n) is 3.18. The molecule has 1 aliphatic heterocycles. The van der Waals surface area contributed by atoms with E-state index < -0.39 is 0 Å². The van der Waals surface area contributed by atoms with Gasteiger partial charge in [-0.1, -0.05) is 0 Å². The monoisotopic (exact) mass is 396 g/mol. The number of piperazine rings is 1. The van der Waals surface area contributed by atoms with E-state index in [1.54, 1.807) is 19.4 Å². The van der Waals surface area contributed by atoms with Crippen molar-refractivity contribution in [2.75, 3.05) is 44.8 Å². The van der Waals surface area contributed by atoms with E-state index in [2.05, 4.69) is 30.0 Å². The van der Waals surface area contributed by atoms with Crippen molar-refractivity contribution in [2.24, 2.45) is 0 Å². The molecule has 1 aromatic carbocycles. The number of aromatic nitrogens is 4. The van der Waals surface area contributed by atoms with Crippen molar-refractivity contribution in [2.45, 2.75) is 13.5 Å². The van der Waals surface area contributed by atoms with E-state index in [-0.39, 0.29) is 0 Å². The van der Waals surface area contributed by atoms with Crippen molar-refractivity contribution in [3.8, 4) is 23.1 Å². The van der Waals surface area contributed by atoms with Crippen LogP contribution in [0.3, 0.4) is 0 Å². The van der Waals surface area contributed by atoms with Crippen molar-refractivity contribution >= 4 is 5.95 Å². The van der Waals surface area contributed by atoms with Gasteiger partial charge in [-0.3, -0.25) is 4.90 Å². The van der Waals surface area contributed by atoms with Gasteiger partial charge in [0.05, 0.1) is 20.3 Å². The average molecular weight is 396 g/mol. The molecule has 152 valence electrons. The Morgan fingerprint density at radius 3 is 2.55 bits per heavy atom. The van der Waals surface area contributed by atoms with Crippen LogP contribution in [0, 0.1) is 0 Å². The molecule has 0 bridgehead atoms. The van der Waals surface area contributed by atoms with Crippen LogP contribution in [0.2, 0.25) is 0 Å². The van der Waals surface area contributed by atoms with Gasteiger partial charge in [-0.2, -0.15) is 4.98 Å². The average Bonchev–Trinajstić information content (AvgIpc) is 3.23. The number of methoxy groups -OCH3 is 1. The highest BCUT2D eigenvalue weighted by molar-refractivity contribution is 5.53. The third-order valence-electron chi connectivity index (χ3n) is 4.73. The second-order valence-electron chi connectivity index (χ2n) is 6.62. The molecule has 0 saturated carbocycles. The van der Waals surface area contributed by atoms with Crippen LogP contribution in [-0.2, 0) is 6.54 Å². The Labute approximate surface area is 169 Å². The molecule has 0 amide bonds. The molecule has 1 aliphatic rings. The van der Waals surface area contributed by atoms with Gasteiger partial charge in [-0.25, -0.2) is 4.98 Å². The van der Waals surface area contributed by atoms with E-state index in [1.165, 1.54) is 0 Å². The molecule has 29 heavy (non-hydrogen) atoms. The Balaban J connectivity index is 1.33. The Morgan fingerprint density at radius 1 is 1.03 bits per heavy atom. The van der Waals surface area contributed by atoms with Gasteiger partial charge in [0.1, 0.15) is 5.75 Å². The van der Waals surface area contributed by atoms with Gasteiger partial charge in [-0.05, 0) is 31.2 Å². The van der Waals surface area contributed by atoms with Crippen LogP contribution in [0.15, 0.2) is 40.9 Å². The van der Waals surface area contributed by atoms with Gasteiger partial charge < -0.3 is 18.8 Å². The fourth-order valence-corrected chi connectivity index (χ4v) is 3.18. The Kier molecular flexibility index (Phi) is 5.85. The van der Waals surface area contributed by atoms with E-state index in [4.69, 9.17) is 13.9 Å².